The summed E-state index contributed by atoms with van der Waals surface area (Å²) in [7, 11) is 1.43. The van der Waals surface area contributed by atoms with E-state index in [-0.39, 0.29) is 0 Å². The molecule has 0 aliphatic rings. The Morgan fingerprint density at radius 2 is 1.79 bits per heavy atom. The maximum Gasteiger partial charge on any atom is 0.321 e. The average molecular weight is 213 g/mol. The highest BCUT2D eigenvalue weighted by Gasteiger charge is 2.07. The van der Waals surface area contributed by atoms with Gasteiger partial charge in [-0.15, -0.1) is 0 Å². The van der Waals surface area contributed by atoms with E-state index in [1.54, 1.807) is 24.3 Å². The number of benzene rings is 1. The molecule has 0 heterocycles. The van der Waals surface area contributed by atoms with E-state index in [1.807, 2.05) is 0 Å². The van der Waals surface area contributed by atoms with E-state index < -0.39 is 11.9 Å². The lowest BCUT2D eigenvalue weighted by Crippen LogP contribution is -2.37. The predicted octanol–water partition coefficient (Wildman–Crippen LogP) is 1.41. The van der Waals surface area contributed by atoms with Crippen LogP contribution in [0.5, 0.6) is 0 Å². The van der Waals surface area contributed by atoms with Gasteiger partial charge in [0, 0.05) is 17.6 Å². The van der Waals surface area contributed by atoms with Crippen LogP contribution in [0.15, 0.2) is 24.3 Å². The zero-order valence-corrected chi connectivity index (χ0v) is 8.26. The van der Waals surface area contributed by atoms with Gasteiger partial charge in [0.25, 0.3) is 5.91 Å². The monoisotopic (exact) mass is 212 g/mol. The molecule has 0 bridgehead atoms. The van der Waals surface area contributed by atoms with Crippen molar-refractivity contribution in [3.63, 3.8) is 0 Å². The molecule has 0 saturated heterocycles. The van der Waals surface area contributed by atoms with Crippen LogP contribution in [-0.2, 0) is 0 Å². The molecule has 74 valence electrons. The van der Waals surface area contributed by atoms with Crippen LogP contribution in [0.1, 0.15) is 10.4 Å². The smallest absolute Gasteiger partial charge is 0.321 e. The van der Waals surface area contributed by atoms with Crippen LogP contribution in [0.2, 0.25) is 5.02 Å². The van der Waals surface area contributed by atoms with E-state index >= 15 is 0 Å². The first-order valence-electron chi connectivity index (χ1n) is 3.92. The molecule has 0 aliphatic carbocycles. The van der Waals surface area contributed by atoms with Crippen molar-refractivity contribution in [2.45, 2.75) is 0 Å². The zero-order chi connectivity index (χ0) is 10.6. The van der Waals surface area contributed by atoms with Crippen LogP contribution in [0, 0.1) is 0 Å². The Hall–Kier alpha value is -1.55. The Morgan fingerprint density at radius 1 is 1.21 bits per heavy atom. The Morgan fingerprint density at radius 3 is 2.29 bits per heavy atom. The van der Waals surface area contributed by atoms with Crippen molar-refractivity contribution >= 4 is 23.5 Å². The van der Waals surface area contributed by atoms with Gasteiger partial charge in [-0.3, -0.25) is 10.1 Å². The topological polar surface area (TPSA) is 58.2 Å². The van der Waals surface area contributed by atoms with Crippen LogP contribution in [0.4, 0.5) is 4.79 Å². The number of halogens is 1. The molecule has 0 aromatic heterocycles. The van der Waals surface area contributed by atoms with Gasteiger partial charge in [-0.25, -0.2) is 4.79 Å². The third-order valence-corrected chi connectivity index (χ3v) is 1.81. The Kier molecular flexibility index (Phi) is 3.48. The molecule has 2 N–H and O–H groups in total. The summed E-state index contributed by atoms with van der Waals surface area (Å²) >= 11 is 5.64. The maximum atomic E-state index is 11.3. The van der Waals surface area contributed by atoms with E-state index in [0.29, 0.717) is 10.6 Å². The lowest BCUT2D eigenvalue weighted by molar-refractivity contribution is 0.0964. The SMILES string of the molecule is CNC(=O)NC(=O)c1ccc(Cl)cc1. The molecule has 3 amide bonds. The number of hydrogen-bond donors (Lipinski definition) is 2. The second-order valence-corrected chi connectivity index (χ2v) is 2.98. The first-order valence-corrected chi connectivity index (χ1v) is 4.30. The van der Waals surface area contributed by atoms with E-state index in [4.69, 9.17) is 11.6 Å². The molecular weight excluding hydrogens is 204 g/mol. The van der Waals surface area contributed by atoms with Crippen molar-refractivity contribution in [1.82, 2.24) is 10.6 Å². The van der Waals surface area contributed by atoms with Gasteiger partial charge in [-0.2, -0.15) is 0 Å². The fourth-order valence-corrected chi connectivity index (χ4v) is 0.965. The minimum Gasteiger partial charge on any atom is -0.341 e. The third kappa shape index (κ3) is 2.74. The summed E-state index contributed by atoms with van der Waals surface area (Å²) < 4.78 is 0. The first-order chi connectivity index (χ1) is 6.63. The van der Waals surface area contributed by atoms with E-state index in [2.05, 4.69) is 10.6 Å². The minimum absolute atomic E-state index is 0.387. The summed E-state index contributed by atoms with van der Waals surface area (Å²) in [5.74, 6) is -0.457. The maximum absolute atomic E-state index is 11.3. The zero-order valence-electron chi connectivity index (χ0n) is 7.50. The summed E-state index contributed by atoms with van der Waals surface area (Å²) in [5.41, 5.74) is 0.387. The molecule has 0 spiro atoms. The molecule has 4 nitrogen and oxygen atoms in total. The summed E-state index contributed by atoms with van der Waals surface area (Å²) in [6, 6.07) is 5.71. The van der Waals surface area contributed by atoms with Gasteiger partial charge in [0.1, 0.15) is 0 Å². The molecule has 5 heteroatoms. The molecule has 0 aliphatic heterocycles. The molecule has 14 heavy (non-hydrogen) atoms. The molecule has 1 rings (SSSR count). The van der Waals surface area contributed by atoms with Crippen LogP contribution in [0.3, 0.4) is 0 Å². The van der Waals surface area contributed by atoms with Crippen molar-refractivity contribution in [2.75, 3.05) is 7.05 Å². The summed E-state index contributed by atoms with van der Waals surface area (Å²) in [4.78, 5) is 22.1. The summed E-state index contributed by atoms with van der Waals surface area (Å²) in [6.07, 6.45) is 0. The van der Waals surface area contributed by atoms with Gasteiger partial charge in [-0.05, 0) is 24.3 Å². The van der Waals surface area contributed by atoms with E-state index in [9.17, 15) is 9.59 Å². The van der Waals surface area contributed by atoms with Gasteiger partial charge >= 0.3 is 6.03 Å². The van der Waals surface area contributed by atoms with Crippen LogP contribution >= 0.6 is 11.6 Å². The lowest BCUT2D eigenvalue weighted by Gasteiger charge is -2.02. The Bertz CT molecular complexity index is 348. The van der Waals surface area contributed by atoms with Crippen molar-refractivity contribution in [1.29, 1.82) is 0 Å². The predicted molar refractivity (Wildman–Crippen MR) is 53.4 cm³/mol. The normalized spacial score (nSPS) is 9.29. The van der Waals surface area contributed by atoms with Crippen molar-refractivity contribution in [2.24, 2.45) is 0 Å². The minimum atomic E-state index is -0.537. The number of carbonyl (C=O) groups is 2. The van der Waals surface area contributed by atoms with Crippen molar-refractivity contribution in [3.8, 4) is 0 Å². The van der Waals surface area contributed by atoms with Crippen LogP contribution < -0.4 is 10.6 Å². The van der Waals surface area contributed by atoms with Gasteiger partial charge in [0.05, 0.1) is 0 Å². The first kappa shape index (κ1) is 10.5. The quantitative estimate of drug-likeness (QED) is 0.740. The molecule has 0 atom stereocenters. The number of imide groups is 1. The average Bonchev–Trinajstić information content (AvgIpc) is 2.18. The van der Waals surface area contributed by atoms with Gasteiger partial charge < -0.3 is 5.32 Å². The Balaban J connectivity index is 2.70. The van der Waals surface area contributed by atoms with Crippen molar-refractivity contribution < 1.29 is 9.59 Å². The number of amides is 3. The van der Waals surface area contributed by atoms with Crippen LogP contribution in [0.25, 0.3) is 0 Å². The number of nitrogens with one attached hydrogen (secondary N) is 2. The lowest BCUT2D eigenvalue weighted by atomic mass is 10.2. The van der Waals surface area contributed by atoms with Crippen molar-refractivity contribution in [3.05, 3.63) is 34.9 Å². The second-order valence-electron chi connectivity index (χ2n) is 2.54. The fourth-order valence-electron chi connectivity index (χ4n) is 0.839. The van der Waals surface area contributed by atoms with E-state index in [1.165, 1.54) is 7.05 Å². The van der Waals surface area contributed by atoms with Gasteiger partial charge in [0.15, 0.2) is 0 Å². The van der Waals surface area contributed by atoms with Gasteiger partial charge in [-0.1, -0.05) is 11.6 Å². The van der Waals surface area contributed by atoms with Crippen LogP contribution in [-0.4, -0.2) is 19.0 Å². The second kappa shape index (κ2) is 4.62. The highest BCUT2D eigenvalue weighted by atomic mass is 35.5. The molecular formula is C9H9ClN2O2. The molecule has 0 unspecified atom stereocenters. The summed E-state index contributed by atoms with van der Waals surface area (Å²) in [6.45, 7) is 0. The standard InChI is InChI=1S/C9H9ClN2O2/c1-11-9(14)12-8(13)6-2-4-7(10)5-3-6/h2-5H,1H3,(H2,11,12,13,14). The number of rotatable bonds is 1. The Labute approximate surface area is 86.3 Å². The number of urea groups is 1. The molecule has 0 radical (unpaired) electrons. The van der Waals surface area contributed by atoms with E-state index in [0.717, 1.165) is 0 Å². The highest BCUT2D eigenvalue weighted by Crippen LogP contribution is 2.09. The third-order valence-electron chi connectivity index (χ3n) is 1.56. The number of carbonyl (C=O) groups excluding carboxylic acids is 2. The summed E-state index contributed by atoms with van der Waals surface area (Å²) in [5, 5.41) is 4.96. The number of hydrogen-bond acceptors (Lipinski definition) is 2. The van der Waals surface area contributed by atoms with Gasteiger partial charge in [0.2, 0.25) is 0 Å². The molecule has 0 fully saturated rings. The largest absolute Gasteiger partial charge is 0.341 e. The highest BCUT2D eigenvalue weighted by molar-refractivity contribution is 6.30. The fraction of sp³-hybridized carbons (Fsp3) is 0.111. The molecule has 1 aromatic carbocycles. The molecule has 0 saturated carbocycles. The molecule has 1 aromatic rings.